The van der Waals surface area contributed by atoms with Crippen LogP contribution in [0.1, 0.15) is 0 Å². The van der Waals surface area contributed by atoms with Crippen LogP contribution in [0.2, 0.25) is 5.02 Å². The first kappa shape index (κ1) is 13.2. The van der Waals surface area contributed by atoms with Gasteiger partial charge < -0.3 is 0 Å². The summed E-state index contributed by atoms with van der Waals surface area (Å²) in [6.45, 7) is 0. The molecule has 0 saturated heterocycles. The molecule has 0 fully saturated rings. The van der Waals surface area contributed by atoms with Gasteiger partial charge in [-0.05, 0) is 18.2 Å². The van der Waals surface area contributed by atoms with Crippen LogP contribution < -0.4 is 0 Å². The maximum Gasteiger partial charge on any atom is 0.235 e. The quantitative estimate of drug-likeness (QED) is 0.564. The van der Waals surface area contributed by atoms with Crippen molar-refractivity contribution < 1.29 is 4.39 Å². The van der Waals surface area contributed by atoms with Crippen molar-refractivity contribution in [1.29, 1.82) is 0 Å². The highest BCUT2D eigenvalue weighted by molar-refractivity contribution is 7.19. The van der Waals surface area contributed by atoms with Gasteiger partial charge in [0.15, 0.2) is 5.01 Å². The van der Waals surface area contributed by atoms with Crippen molar-refractivity contribution in [2.45, 2.75) is 0 Å². The zero-order valence-corrected chi connectivity index (χ0v) is 12.4. The van der Waals surface area contributed by atoms with Gasteiger partial charge in [-0.15, -0.1) is 10.2 Å². The van der Waals surface area contributed by atoms with E-state index >= 15 is 0 Å². The van der Waals surface area contributed by atoms with Crippen molar-refractivity contribution in [2.75, 3.05) is 0 Å². The fourth-order valence-corrected chi connectivity index (χ4v) is 2.99. The lowest BCUT2D eigenvalue weighted by atomic mass is 10.2. The lowest BCUT2D eigenvalue weighted by molar-refractivity contribution is 0.631. The highest BCUT2D eigenvalue weighted by Gasteiger charge is 2.17. The van der Waals surface area contributed by atoms with E-state index in [4.69, 9.17) is 11.6 Å². The number of hydrogen-bond donors (Lipinski definition) is 0. The lowest BCUT2D eigenvalue weighted by Gasteiger charge is -1.98. The summed E-state index contributed by atoms with van der Waals surface area (Å²) in [5.74, 6) is 0.0264. The van der Waals surface area contributed by atoms with Crippen LogP contribution in [0.15, 0.2) is 36.8 Å². The molecule has 0 N–H and O–H groups in total. The summed E-state index contributed by atoms with van der Waals surface area (Å²) < 4.78 is 15.5. The molecule has 0 aliphatic rings. The Labute approximate surface area is 132 Å². The number of rotatable bonds is 2. The van der Waals surface area contributed by atoms with Crippen LogP contribution in [0.4, 0.5) is 4.39 Å². The Morgan fingerprint density at radius 2 is 2.09 bits per heavy atom. The zero-order chi connectivity index (χ0) is 15.1. The van der Waals surface area contributed by atoms with Crippen LogP contribution in [0.25, 0.3) is 27.1 Å². The second kappa shape index (κ2) is 5.08. The molecule has 4 aromatic rings. The molecule has 0 bridgehead atoms. The first-order valence-electron chi connectivity index (χ1n) is 6.16. The first-order chi connectivity index (χ1) is 10.7. The molecule has 0 radical (unpaired) electrons. The maximum absolute atomic E-state index is 14.0. The SMILES string of the molecule is Fc1cc(Cl)ccc1-c1nn2c(-c3cnccn3)nnc2s1. The van der Waals surface area contributed by atoms with Crippen molar-refractivity contribution in [3.63, 3.8) is 0 Å². The maximum atomic E-state index is 14.0. The summed E-state index contributed by atoms with van der Waals surface area (Å²) in [5.41, 5.74) is 0.911. The minimum Gasteiger partial charge on any atom is -0.261 e. The summed E-state index contributed by atoms with van der Waals surface area (Å²) in [6.07, 6.45) is 4.69. The molecule has 0 spiro atoms. The highest BCUT2D eigenvalue weighted by Crippen LogP contribution is 2.30. The largest absolute Gasteiger partial charge is 0.261 e. The minimum atomic E-state index is -0.432. The monoisotopic (exact) mass is 332 g/mol. The summed E-state index contributed by atoms with van der Waals surface area (Å²) in [5, 5.41) is 13.3. The molecule has 1 aromatic carbocycles. The van der Waals surface area contributed by atoms with E-state index in [9.17, 15) is 4.39 Å². The van der Waals surface area contributed by atoms with E-state index in [-0.39, 0.29) is 0 Å². The Morgan fingerprint density at radius 3 is 2.86 bits per heavy atom. The Kier molecular flexibility index (Phi) is 3.05. The van der Waals surface area contributed by atoms with Crippen LogP contribution in [0.5, 0.6) is 0 Å². The Morgan fingerprint density at radius 1 is 1.18 bits per heavy atom. The van der Waals surface area contributed by atoms with Gasteiger partial charge in [-0.1, -0.05) is 22.9 Å². The molecule has 0 amide bonds. The number of aromatic nitrogens is 6. The average molecular weight is 333 g/mol. The molecule has 9 heteroatoms. The molecule has 6 nitrogen and oxygen atoms in total. The van der Waals surface area contributed by atoms with Crippen molar-refractivity contribution in [3.05, 3.63) is 47.6 Å². The Bertz CT molecular complexity index is 967. The molecule has 108 valence electrons. The smallest absolute Gasteiger partial charge is 0.235 e. The van der Waals surface area contributed by atoms with E-state index in [0.29, 0.717) is 32.1 Å². The van der Waals surface area contributed by atoms with E-state index in [2.05, 4.69) is 25.3 Å². The Hall–Kier alpha value is -2.45. The molecule has 0 aliphatic heterocycles. The summed E-state index contributed by atoms with van der Waals surface area (Å²) >= 11 is 7.00. The number of halogens is 2. The van der Waals surface area contributed by atoms with Gasteiger partial charge in [-0.3, -0.25) is 4.98 Å². The Balaban J connectivity index is 1.87. The molecular weight excluding hydrogens is 327 g/mol. The molecule has 4 rings (SSSR count). The fourth-order valence-electron chi connectivity index (χ4n) is 1.96. The van der Waals surface area contributed by atoms with Gasteiger partial charge in [0, 0.05) is 23.0 Å². The van der Waals surface area contributed by atoms with Gasteiger partial charge >= 0.3 is 0 Å². The fraction of sp³-hybridized carbons (Fsp3) is 0. The van der Waals surface area contributed by atoms with Crippen molar-refractivity contribution >= 4 is 27.9 Å². The number of hydrogen-bond acceptors (Lipinski definition) is 6. The third kappa shape index (κ3) is 2.13. The molecule has 3 aromatic heterocycles. The molecule has 22 heavy (non-hydrogen) atoms. The van der Waals surface area contributed by atoms with Crippen LogP contribution in [-0.2, 0) is 0 Å². The predicted octanol–water partition coefficient (Wildman–Crippen LogP) is 3.10. The summed E-state index contributed by atoms with van der Waals surface area (Å²) in [4.78, 5) is 8.71. The third-order valence-corrected chi connectivity index (χ3v) is 4.11. The van der Waals surface area contributed by atoms with Gasteiger partial charge in [0.05, 0.1) is 6.20 Å². The van der Waals surface area contributed by atoms with Gasteiger partial charge in [0.2, 0.25) is 10.8 Å². The van der Waals surface area contributed by atoms with E-state index < -0.39 is 5.82 Å². The standard InChI is InChI=1S/C13H6ClFN6S/c14-7-1-2-8(9(15)5-7)12-20-21-11(18-19-13(21)22-12)10-6-16-3-4-17-10/h1-6H. The molecule has 0 unspecified atom stereocenters. The third-order valence-electron chi connectivity index (χ3n) is 2.94. The van der Waals surface area contributed by atoms with Crippen LogP contribution in [0, 0.1) is 5.82 Å². The van der Waals surface area contributed by atoms with E-state index in [0.717, 1.165) is 0 Å². The van der Waals surface area contributed by atoms with Gasteiger partial charge in [0.1, 0.15) is 11.5 Å². The van der Waals surface area contributed by atoms with E-state index in [1.807, 2.05) is 0 Å². The predicted molar refractivity (Wildman–Crippen MR) is 80.1 cm³/mol. The second-order valence-electron chi connectivity index (χ2n) is 4.34. The van der Waals surface area contributed by atoms with E-state index in [1.54, 1.807) is 30.7 Å². The van der Waals surface area contributed by atoms with Crippen molar-refractivity contribution in [3.8, 4) is 22.1 Å². The van der Waals surface area contributed by atoms with Crippen LogP contribution >= 0.6 is 22.9 Å². The van der Waals surface area contributed by atoms with E-state index in [1.165, 1.54) is 21.9 Å². The molecular formula is C13H6ClFN6S. The topological polar surface area (TPSA) is 68.9 Å². The van der Waals surface area contributed by atoms with Gasteiger partial charge in [-0.25, -0.2) is 9.37 Å². The van der Waals surface area contributed by atoms with Crippen molar-refractivity contribution in [1.82, 2.24) is 29.8 Å². The minimum absolute atomic E-state index is 0.337. The normalized spacial score (nSPS) is 11.2. The highest BCUT2D eigenvalue weighted by atomic mass is 35.5. The lowest BCUT2D eigenvalue weighted by Crippen LogP contribution is -1.94. The summed E-state index contributed by atoms with van der Waals surface area (Å²) in [7, 11) is 0. The van der Waals surface area contributed by atoms with Gasteiger partial charge in [0.25, 0.3) is 0 Å². The summed E-state index contributed by atoms with van der Waals surface area (Å²) in [6, 6.07) is 4.46. The van der Waals surface area contributed by atoms with Gasteiger partial charge in [-0.2, -0.15) is 9.61 Å². The first-order valence-corrected chi connectivity index (χ1v) is 7.36. The molecule has 0 atom stereocenters. The number of nitrogens with zero attached hydrogens (tertiary/aromatic N) is 6. The number of fused-ring (bicyclic) bond motifs is 1. The second-order valence-corrected chi connectivity index (χ2v) is 5.73. The molecule has 3 heterocycles. The molecule has 0 saturated carbocycles. The average Bonchev–Trinajstić information content (AvgIpc) is 3.08. The molecule has 0 aliphatic carbocycles. The van der Waals surface area contributed by atoms with Crippen LogP contribution in [0.3, 0.4) is 0 Å². The zero-order valence-electron chi connectivity index (χ0n) is 10.8. The van der Waals surface area contributed by atoms with Crippen LogP contribution in [-0.4, -0.2) is 29.8 Å². The number of benzene rings is 1. The van der Waals surface area contributed by atoms with Crippen molar-refractivity contribution in [2.24, 2.45) is 0 Å².